The molecule has 1 aliphatic heterocycles. The molecule has 0 aromatic heterocycles. The number of benzene rings is 3. The summed E-state index contributed by atoms with van der Waals surface area (Å²) in [5.74, 6) is 0.447. The van der Waals surface area contributed by atoms with Crippen LogP contribution in [0.5, 0.6) is 11.5 Å². The van der Waals surface area contributed by atoms with Crippen LogP contribution in [-0.2, 0) is 0 Å². The van der Waals surface area contributed by atoms with Gasteiger partial charge in [-0.3, -0.25) is 9.59 Å². The molecule has 0 spiro atoms. The summed E-state index contributed by atoms with van der Waals surface area (Å²) >= 11 is 0. The summed E-state index contributed by atoms with van der Waals surface area (Å²) in [6, 6.07) is 20.3. The van der Waals surface area contributed by atoms with Crippen molar-refractivity contribution in [1.29, 1.82) is 0 Å². The summed E-state index contributed by atoms with van der Waals surface area (Å²) < 4.78 is 19.9. The lowest BCUT2D eigenvalue weighted by molar-refractivity contribution is 0.0712. The van der Waals surface area contributed by atoms with E-state index in [2.05, 4.69) is 0 Å². The maximum Gasteiger partial charge on any atom is 0.253 e. The van der Waals surface area contributed by atoms with Gasteiger partial charge in [-0.15, -0.1) is 0 Å². The molecule has 2 amide bonds. The zero-order chi connectivity index (χ0) is 21.8. The topological polar surface area (TPSA) is 72.6 Å². The van der Waals surface area contributed by atoms with Crippen molar-refractivity contribution in [2.45, 2.75) is 18.8 Å². The summed E-state index contributed by atoms with van der Waals surface area (Å²) in [5, 5.41) is 0. The Hall–Kier alpha value is -3.67. The molecular formula is C25H23FN2O3. The van der Waals surface area contributed by atoms with Gasteiger partial charge in [0.1, 0.15) is 17.3 Å². The van der Waals surface area contributed by atoms with Crippen molar-refractivity contribution in [2.24, 2.45) is 5.73 Å². The number of nitrogens with two attached hydrogens (primary N) is 1. The van der Waals surface area contributed by atoms with Crippen molar-refractivity contribution >= 4 is 11.8 Å². The summed E-state index contributed by atoms with van der Waals surface area (Å²) in [6.07, 6.45) is 1.46. The van der Waals surface area contributed by atoms with Gasteiger partial charge in [0, 0.05) is 24.2 Å². The Morgan fingerprint density at radius 3 is 2.26 bits per heavy atom. The number of likely N-dealkylation sites (tertiary alicyclic amines) is 1. The van der Waals surface area contributed by atoms with E-state index in [1.54, 1.807) is 59.5 Å². The van der Waals surface area contributed by atoms with Crippen LogP contribution < -0.4 is 10.5 Å². The minimum atomic E-state index is -0.502. The second-order valence-electron chi connectivity index (χ2n) is 7.61. The summed E-state index contributed by atoms with van der Waals surface area (Å²) in [7, 11) is 0. The lowest BCUT2D eigenvalue weighted by Crippen LogP contribution is -2.38. The van der Waals surface area contributed by atoms with Crippen molar-refractivity contribution in [3.63, 3.8) is 0 Å². The smallest absolute Gasteiger partial charge is 0.253 e. The largest absolute Gasteiger partial charge is 0.457 e. The number of nitrogens with zero attached hydrogens (tertiary/aromatic N) is 1. The quantitative estimate of drug-likeness (QED) is 0.651. The number of halogens is 1. The normalized spacial score (nSPS) is 14.3. The van der Waals surface area contributed by atoms with E-state index in [-0.39, 0.29) is 17.6 Å². The van der Waals surface area contributed by atoms with Gasteiger partial charge in [0.25, 0.3) is 5.91 Å². The first-order chi connectivity index (χ1) is 15.0. The fourth-order valence-electron chi connectivity index (χ4n) is 3.90. The number of carbonyl (C=O) groups excluding carboxylic acids is 2. The number of rotatable bonds is 5. The fourth-order valence-corrected chi connectivity index (χ4v) is 3.90. The molecule has 5 nitrogen and oxygen atoms in total. The zero-order valence-electron chi connectivity index (χ0n) is 17.0. The van der Waals surface area contributed by atoms with E-state index in [4.69, 9.17) is 10.5 Å². The Morgan fingerprint density at radius 2 is 1.58 bits per heavy atom. The number of hydrogen-bond acceptors (Lipinski definition) is 3. The Labute approximate surface area is 180 Å². The van der Waals surface area contributed by atoms with Crippen LogP contribution in [0.25, 0.3) is 0 Å². The van der Waals surface area contributed by atoms with Gasteiger partial charge in [-0.25, -0.2) is 4.39 Å². The molecule has 0 saturated carbocycles. The van der Waals surface area contributed by atoms with Gasteiger partial charge in [-0.05, 0) is 72.9 Å². The van der Waals surface area contributed by atoms with Gasteiger partial charge in [0.2, 0.25) is 5.91 Å². The molecule has 6 heteroatoms. The van der Waals surface area contributed by atoms with Crippen molar-refractivity contribution in [3.05, 3.63) is 95.3 Å². The standard InChI is InChI=1S/C25H23FN2O3/c26-23-7-2-1-6-22(23)17-12-14-28(15-13-17)25(30)19-4-3-5-21(16-19)31-20-10-8-18(9-11-20)24(27)29/h1-11,16-17H,12-15H2,(H2,27,29). The lowest BCUT2D eigenvalue weighted by atomic mass is 9.89. The predicted octanol–water partition coefficient (Wildman–Crippen LogP) is 4.74. The van der Waals surface area contributed by atoms with E-state index in [0.717, 1.165) is 18.4 Å². The minimum Gasteiger partial charge on any atom is -0.457 e. The third-order valence-corrected chi connectivity index (χ3v) is 5.58. The minimum absolute atomic E-state index is 0.0680. The van der Waals surface area contributed by atoms with Crippen LogP contribution >= 0.6 is 0 Å². The van der Waals surface area contributed by atoms with E-state index in [0.29, 0.717) is 35.7 Å². The highest BCUT2D eigenvalue weighted by Crippen LogP contribution is 2.31. The third-order valence-electron chi connectivity index (χ3n) is 5.58. The van der Waals surface area contributed by atoms with Crippen LogP contribution in [0.3, 0.4) is 0 Å². The monoisotopic (exact) mass is 418 g/mol. The first-order valence-electron chi connectivity index (χ1n) is 10.2. The van der Waals surface area contributed by atoms with E-state index in [1.807, 2.05) is 12.1 Å². The molecule has 1 aliphatic rings. The average Bonchev–Trinajstić information content (AvgIpc) is 2.80. The fraction of sp³-hybridized carbons (Fsp3) is 0.200. The van der Waals surface area contributed by atoms with Gasteiger partial charge < -0.3 is 15.4 Å². The molecule has 0 aliphatic carbocycles. The molecule has 3 aromatic rings. The predicted molar refractivity (Wildman–Crippen MR) is 116 cm³/mol. The van der Waals surface area contributed by atoms with Crippen LogP contribution in [0.15, 0.2) is 72.8 Å². The summed E-state index contributed by atoms with van der Waals surface area (Å²) in [6.45, 7) is 1.16. The number of carbonyl (C=O) groups is 2. The van der Waals surface area contributed by atoms with Crippen molar-refractivity contribution < 1.29 is 18.7 Å². The molecule has 1 saturated heterocycles. The van der Waals surface area contributed by atoms with Crippen LogP contribution in [-0.4, -0.2) is 29.8 Å². The van der Waals surface area contributed by atoms with Gasteiger partial charge in [0.15, 0.2) is 0 Å². The molecule has 2 N–H and O–H groups in total. The molecular weight excluding hydrogens is 395 g/mol. The van der Waals surface area contributed by atoms with Crippen LogP contribution in [0.4, 0.5) is 4.39 Å². The molecule has 0 unspecified atom stereocenters. The van der Waals surface area contributed by atoms with E-state index in [9.17, 15) is 14.0 Å². The summed E-state index contributed by atoms with van der Waals surface area (Å²) in [5.41, 5.74) is 6.91. The molecule has 0 atom stereocenters. The maximum atomic E-state index is 14.1. The molecule has 1 fully saturated rings. The SMILES string of the molecule is NC(=O)c1ccc(Oc2cccc(C(=O)N3CCC(c4ccccc4F)CC3)c2)cc1. The van der Waals surface area contributed by atoms with Crippen molar-refractivity contribution in [1.82, 2.24) is 4.90 Å². The van der Waals surface area contributed by atoms with Gasteiger partial charge in [-0.1, -0.05) is 24.3 Å². The second-order valence-corrected chi connectivity index (χ2v) is 7.61. The number of amides is 2. The molecule has 0 radical (unpaired) electrons. The Balaban J connectivity index is 1.40. The molecule has 31 heavy (non-hydrogen) atoms. The Kier molecular flexibility index (Phi) is 5.98. The Bertz CT molecular complexity index is 1090. The highest BCUT2D eigenvalue weighted by Gasteiger charge is 2.26. The van der Waals surface area contributed by atoms with Gasteiger partial charge in [0.05, 0.1) is 0 Å². The first-order valence-corrected chi connectivity index (χ1v) is 10.2. The number of ether oxygens (including phenoxy) is 1. The van der Waals surface area contributed by atoms with Crippen LogP contribution in [0.2, 0.25) is 0 Å². The maximum absolute atomic E-state index is 14.1. The Morgan fingerprint density at radius 1 is 0.871 bits per heavy atom. The second kappa shape index (κ2) is 9.00. The molecule has 1 heterocycles. The van der Waals surface area contributed by atoms with Gasteiger partial charge in [-0.2, -0.15) is 0 Å². The molecule has 0 bridgehead atoms. The van der Waals surface area contributed by atoms with Crippen molar-refractivity contribution in [2.75, 3.05) is 13.1 Å². The van der Waals surface area contributed by atoms with Crippen molar-refractivity contribution in [3.8, 4) is 11.5 Å². The zero-order valence-corrected chi connectivity index (χ0v) is 17.0. The van der Waals surface area contributed by atoms with E-state index >= 15 is 0 Å². The third kappa shape index (κ3) is 4.74. The van der Waals surface area contributed by atoms with E-state index in [1.165, 1.54) is 6.07 Å². The summed E-state index contributed by atoms with van der Waals surface area (Å²) in [4.78, 5) is 26.0. The molecule has 3 aromatic carbocycles. The molecule has 4 rings (SSSR count). The molecule has 158 valence electrons. The number of piperidine rings is 1. The first kappa shape index (κ1) is 20.6. The highest BCUT2D eigenvalue weighted by molar-refractivity contribution is 5.94. The van der Waals surface area contributed by atoms with E-state index < -0.39 is 5.91 Å². The number of primary amides is 1. The van der Waals surface area contributed by atoms with Crippen LogP contribution in [0, 0.1) is 5.82 Å². The lowest BCUT2D eigenvalue weighted by Gasteiger charge is -2.32. The highest BCUT2D eigenvalue weighted by atomic mass is 19.1. The van der Waals surface area contributed by atoms with Crippen LogP contribution in [0.1, 0.15) is 45.0 Å². The number of hydrogen-bond donors (Lipinski definition) is 1. The van der Waals surface area contributed by atoms with Gasteiger partial charge >= 0.3 is 0 Å². The average molecular weight is 418 g/mol.